The Morgan fingerprint density at radius 1 is 1.30 bits per heavy atom. The number of nitrogens with zero attached hydrogens (tertiary/aromatic N) is 1. The number of rotatable bonds is 6. The Morgan fingerprint density at radius 3 is 2.77 bits per heavy atom. The van der Waals surface area contributed by atoms with Crippen molar-refractivity contribution in [1.82, 2.24) is 4.57 Å². The van der Waals surface area contributed by atoms with Gasteiger partial charge in [-0.2, -0.15) is 0 Å². The van der Waals surface area contributed by atoms with Gasteiger partial charge in [-0.05, 0) is 36.0 Å². The minimum atomic E-state index is -1.20. The lowest BCUT2D eigenvalue weighted by Crippen LogP contribution is -2.32. The highest BCUT2D eigenvalue weighted by Gasteiger charge is 2.47. The summed E-state index contributed by atoms with van der Waals surface area (Å²) in [5.41, 5.74) is 1.96. The molecular weight excluding hydrogens is 406 g/mol. The quantitative estimate of drug-likeness (QED) is 0.668. The van der Waals surface area contributed by atoms with Crippen LogP contribution in [-0.4, -0.2) is 36.0 Å². The molecule has 1 aliphatic carbocycles. The summed E-state index contributed by atoms with van der Waals surface area (Å²) in [5.74, 6) is -0.371. The number of aromatic carboxylic acids is 1. The zero-order chi connectivity index (χ0) is 21.6. The van der Waals surface area contributed by atoms with Gasteiger partial charge >= 0.3 is 5.97 Å². The Hall–Kier alpha value is -2.31. The van der Waals surface area contributed by atoms with E-state index in [0.717, 1.165) is 30.4 Å². The van der Waals surface area contributed by atoms with Gasteiger partial charge in [-0.3, -0.25) is 4.79 Å². The monoisotopic (exact) mass is 431 g/mol. The maximum Gasteiger partial charge on any atom is 0.341 e. The standard InChI is InChI=1S/C23H26ClNO5/c1-23(2)6-5-13-14-10-20(30-8-4-7-29-3)17(24)9-15(14)18-11-19(26)16(22(27)28)12-25(18)21(13)23/h9-13,21H,4-8H2,1-3H3,(H,27,28)/t13-,21?/m0/s1. The van der Waals surface area contributed by atoms with E-state index in [1.165, 1.54) is 12.3 Å². The van der Waals surface area contributed by atoms with Gasteiger partial charge < -0.3 is 19.1 Å². The molecule has 1 aromatic carbocycles. The second-order valence-electron chi connectivity index (χ2n) is 8.79. The number of fused-ring (bicyclic) bond motifs is 6. The van der Waals surface area contributed by atoms with E-state index in [4.69, 9.17) is 21.1 Å². The first kappa shape index (κ1) is 20.9. The smallest absolute Gasteiger partial charge is 0.341 e. The Kier molecular flexibility index (Phi) is 5.41. The predicted octanol–water partition coefficient (Wildman–Crippen LogP) is 4.74. The molecule has 1 N–H and O–H groups in total. The van der Waals surface area contributed by atoms with Crippen molar-refractivity contribution in [3.63, 3.8) is 0 Å². The average Bonchev–Trinajstić information content (AvgIpc) is 3.01. The Bertz CT molecular complexity index is 1060. The summed E-state index contributed by atoms with van der Waals surface area (Å²) in [6.07, 6.45) is 4.25. The largest absolute Gasteiger partial charge is 0.492 e. The van der Waals surface area contributed by atoms with Crippen molar-refractivity contribution in [2.45, 2.75) is 45.1 Å². The number of pyridine rings is 1. The lowest BCUT2D eigenvalue weighted by Gasteiger charge is -2.40. The number of ether oxygens (including phenoxy) is 2. The summed E-state index contributed by atoms with van der Waals surface area (Å²) >= 11 is 6.52. The van der Waals surface area contributed by atoms with Crippen LogP contribution in [0.1, 0.15) is 61.0 Å². The first-order chi connectivity index (χ1) is 14.2. The van der Waals surface area contributed by atoms with E-state index >= 15 is 0 Å². The summed E-state index contributed by atoms with van der Waals surface area (Å²) in [4.78, 5) is 24.1. The lowest BCUT2D eigenvalue weighted by atomic mass is 9.77. The molecule has 0 radical (unpaired) electrons. The highest BCUT2D eigenvalue weighted by molar-refractivity contribution is 6.32. The zero-order valence-electron chi connectivity index (χ0n) is 17.4. The maximum absolute atomic E-state index is 12.5. The minimum absolute atomic E-state index is 0.0406. The van der Waals surface area contributed by atoms with Crippen molar-refractivity contribution in [3.8, 4) is 17.0 Å². The summed E-state index contributed by atoms with van der Waals surface area (Å²) in [7, 11) is 1.66. The van der Waals surface area contributed by atoms with Crippen LogP contribution in [0.25, 0.3) is 11.3 Å². The molecule has 2 aliphatic rings. The van der Waals surface area contributed by atoms with Gasteiger partial charge in [0.1, 0.15) is 11.3 Å². The normalized spacial score (nSPS) is 20.9. The molecule has 1 aliphatic heterocycles. The highest BCUT2D eigenvalue weighted by atomic mass is 35.5. The Morgan fingerprint density at radius 2 is 2.07 bits per heavy atom. The number of carboxylic acid groups (broad SMARTS) is 1. The Balaban J connectivity index is 1.86. The van der Waals surface area contributed by atoms with Crippen molar-refractivity contribution < 1.29 is 19.4 Å². The molecule has 0 bridgehead atoms. The van der Waals surface area contributed by atoms with Gasteiger partial charge in [0.05, 0.1) is 17.3 Å². The number of halogens is 1. The predicted molar refractivity (Wildman–Crippen MR) is 115 cm³/mol. The molecule has 1 saturated carbocycles. The molecule has 1 aromatic heterocycles. The first-order valence-electron chi connectivity index (χ1n) is 10.2. The van der Waals surface area contributed by atoms with Gasteiger partial charge in [0, 0.05) is 49.9 Å². The first-order valence-corrected chi connectivity index (χ1v) is 10.6. The van der Waals surface area contributed by atoms with Crippen LogP contribution in [0.2, 0.25) is 5.02 Å². The second kappa shape index (κ2) is 7.75. The Labute approximate surface area is 180 Å². The summed E-state index contributed by atoms with van der Waals surface area (Å²) in [6.45, 7) is 5.51. The van der Waals surface area contributed by atoms with Crippen LogP contribution < -0.4 is 10.2 Å². The van der Waals surface area contributed by atoms with E-state index in [2.05, 4.69) is 13.8 Å². The SMILES string of the molecule is COCCCOc1cc2c(cc1Cl)-c1cc(=O)c(C(=O)O)cn1C1[C@H]2CCC1(C)C. The van der Waals surface area contributed by atoms with Crippen LogP contribution in [0.5, 0.6) is 5.75 Å². The van der Waals surface area contributed by atoms with E-state index < -0.39 is 11.4 Å². The van der Waals surface area contributed by atoms with Gasteiger partial charge in [0.2, 0.25) is 0 Å². The molecule has 2 heterocycles. The van der Waals surface area contributed by atoms with Gasteiger partial charge in [-0.25, -0.2) is 4.79 Å². The molecule has 160 valence electrons. The molecule has 0 amide bonds. The van der Waals surface area contributed by atoms with Crippen LogP contribution >= 0.6 is 11.6 Å². The molecule has 7 heteroatoms. The van der Waals surface area contributed by atoms with E-state index in [-0.39, 0.29) is 22.9 Å². The number of benzene rings is 1. The van der Waals surface area contributed by atoms with E-state index in [1.54, 1.807) is 7.11 Å². The summed E-state index contributed by atoms with van der Waals surface area (Å²) in [5, 5.41) is 9.95. The fourth-order valence-corrected chi connectivity index (χ4v) is 5.24. The van der Waals surface area contributed by atoms with E-state index in [1.807, 2.05) is 16.7 Å². The number of methoxy groups -OCH3 is 1. The zero-order valence-corrected chi connectivity index (χ0v) is 18.2. The van der Waals surface area contributed by atoms with Crippen LogP contribution in [0.3, 0.4) is 0 Å². The average molecular weight is 432 g/mol. The number of hydrogen-bond donors (Lipinski definition) is 1. The van der Waals surface area contributed by atoms with Gasteiger partial charge in [-0.15, -0.1) is 0 Å². The molecule has 2 atom stereocenters. The third-order valence-corrected chi connectivity index (χ3v) is 6.72. The van der Waals surface area contributed by atoms with Crippen LogP contribution in [0.4, 0.5) is 0 Å². The van der Waals surface area contributed by atoms with E-state index in [9.17, 15) is 14.7 Å². The van der Waals surface area contributed by atoms with Crippen molar-refractivity contribution in [3.05, 3.63) is 50.8 Å². The summed E-state index contributed by atoms with van der Waals surface area (Å²) in [6, 6.07) is 5.34. The fourth-order valence-electron chi connectivity index (χ4n) is 5.02. The fraction of sp³-hybridized carbons (Fsp3) is 0.478. The number of carbonyl (C=O) groups is 1. The van der Waals surface area contributed by atoms with Crippen LogP contribution in [0.15, 0.2) is 29.2 Å². The minimum Gasteiger partial charge on any atom is -0.492 e. The molecule has 1 unspecified atom stereocenters. The number of hydrogen-bond acceptors (Lipinski definition) is 4. The maximum atomic E-state index is 12.5. The molecule has 0 spiro atoms. The molecule has 4 rings (SSSR count). The molecule has 6 nitrogen and oxygen atoms in total. The molecule has 0 saturated heterocycles. The van der Waals surface area contributed by atoms with Crippen LogP contribution in [0, 0.1) is 5.41 Å². The third-order valence-electron chi connectivity index (χ3n) is 6.42. The highest BCUT2D eigenvalue weighted by Crippen LogP contribution is 2.59. The van der Waals surface area contributed by atoms with Crippen LogP contribution in [-0.2, 0) is 4.74 Å². The van der Waals surface area contributed by atoms with Crippen molar-refractivity contribution >= 4 is 17.6 Å². The molecular formula is C23H26ClNO5. The van der Waals surface area contributed by atoms with E-state index in [0.29, 0.717) is 29.7 Å². The lowest BCUT2D eigenvalue weighted by molar-refractivity contribution is 0.0693. The molecule has 30 heavy (non-hydrogen) atoms. The van der Waals surface area contributed by atoms with Crippen molar-refractivity contribution in [2.75, 3.05) is 20.3 Å². The molecule has 2 aromatic rings. The van der Waals surface area contributed by atoms with Gasteiger partial charge in [-0.1, -0.05) is 25.4 Å². The third kappa shape index (κ3) is 3.42. The van der Waals surface area contributed by atoms with Gasteiger partial charge in [0.15, 0.2) is 5.43 Å². The second-order valence-corrected chi connectivity index (χ2v) is 9.20. The molecule has 1 fully saturated rings. The topological polar surface area (TPSA) is 77.8 Å². The number of aromatic nitrogens is 1. The van der Waals surface area contributed by atoms with Crippen molar-refractivity contribution in [2.24, 2.45) is 5.41 Å². The van der Waals surface area contributed by atoms with Gasteiger partial charge in [0.25, 0.3) is 0 Å². The van der Waals surface area contributed by atoms with Crippen molar-refractivity contribution in [1.29, 1.82) is 0 Å². The number of carboxylic acids is 1. The summed E-state index contributed by atoms with van der Waals surface area (Å²) < 4.78 is 13.0.